The molecule has 0 unspecified atom stereocenters. The number of ether oxygens (including phenoxy) is 1. The molecule has 1 saturated carbocycles. The molecule has 1 aliphatic heterocycles. The molecule has 0 aromatic carbocycles. The first-order chi connectivity index (χ1) is 9.72. The maximum atomic E-state index is 11.3. The van der Waals surface area contributed by atoms with Crippen molar-refractivity contribution in [3.05, 3.63) is 18.1 Å². The molecule has 5 heteroatoms. The van der Waals surface area contributed by atoms with Crippen LogP contribution in [0.25, 0.3) is 0 Å². The number of hydrogen-bond donors (Lipinski definition) is 0. The van der Waals surface area contributed by atoms with E-state index in [1.165, 1.54) is 51.8 Å². The van der Waals surface area contributed by atoms with Crippen LogP contribution in [0.2, 0.25) is 0 Å². The summed E-state index contributed by atoms with van der Waals surface area (Å²) in [4.78, 5) is 22.1. The number of carbonyl (C=O) groups excluding carboxylic acids is 1. The molecule has 1 aromatic heterocycles. The molecule has 1 saturated heterocycles. The van der Waals surface area contributed by atoms with Gasteiger partial charge in [0.15, 0.2) is 5.69 Å². The molecular weight excluding hydrogens is 254 g/mol. The summed E-state index contributed by atoms with van der Waals surface area (Å²) >= 11 is 0. The summed E-state index contributed by atoms with van der Waals surface area (Å²) in [5, 5.41) is 0. The zero-order valence-corrected chi connectivity index (χ0v) is 12.0. The SMILES string of the molecule is COC(=O)c1cnc(N2CCC3(CCCC3)CC2)cn1. The molecule has 0 amide bonds. The Balaban J connectivity index is 1.64. The molecule has 3 rings (SSSR count). The number of nitrogens with zero attached hydrogens (tertiary/aromatic N) is 3. The zero-order chi connectivity index (χ0) is 14.0. The van der Waals surface area contributed by atoms with Crippen LogP contribution in [0.1, 0.15) is 49.0 Å². The van der Waals surface area contributed by atoms with Crippen molar-refractivity contribution in [3.63, 3.8) is 0 Å². The van der Waals surface area contributed by atoms with E-state index in [1.807, 2.05) is 0 Å². The first kappa shape index (κ1) is 13.3. The first-order valence-corrected chi connectivity index (χ1v) is 7.38. The fourth-order valence-electron chi connectivity index (χ4n) is 3.53. The zero-order valence-electron chi connectivity index (χ0n) is 12.0. The third-order valence-corrected chi connectivity index (χ3v) is 4.85. The molecule has 0 bridgehead atoms. The van der Waals surface area contributed by atoms with Gasteiger partial charge in [-0.1, -0.05) is 12.8 Å². The number of methoxy groups -OCH3 is 1. The van der Waals surface area contributed by atoms with Crippen LogP contribution in [-0.2, 0) is 4.74 Å². The van der Waals surface area contributed by atoms with E-state index in [2.05, 4.69) is 19.6 Å². The van der Waals surface area contributed by atoms with E-state index < -0.39 is 5.97 Å². The third kappa shape index (κ3) is 2.49. The summed E-state index contributed by atoms with van der Waals surface area (Å²) in [5.41, 5.74) is 0.871. The van der Waals surface area contributed by atoms with E-state index >= 15 is 0 Å². The number of rotatable bonds is 2. The maximum Gasteiger partial charge on any atom is 0.358 e. The van der Waals surface area contributed by atoms with E-state index in [-0.39, 0.29) is 5.69 Å². The molecule has 2 heterocycles. The Morgan fingerprint density at radius 2 is 1.85 bits per heavy atom. The van der Waals surface area contributed by atoms with Crippen LogP contribution < -0.4 is 4.90 Å². The average molecular weight is 275 g/mol. The lowest BCUT2D eigenvalue weighted by atomic mass is 9.77. The Morgan fingerprint density at radius 3 is 2.40 bits per heavy atom. The Morgan fingerprint density at radius 1 is 1.15 bits per heavy atom. The van der Waals surface area contributed by atoms with Crippen molar-refractivity contribution >= 4 is 11.8 Å². The highest BCUT2D eigenvalue weighted by atomic mass is 16.5. The van der Waals surface area contributed by atoms with Crippen LogP contribution >= 0.6 is 0 Å². The second kappa shape index (κ2) is 5.38. The number of piperidine rings is 1. The Bertz CT molecular complexity index is 470. The van der Waals surface area contributed by atoms with Gasteiger partial charge in [-0.05, 0) is 31.1 Å². The van der Waals surface area contributed by atoms with Crippen molar-refractivity contribution < 1.29 is 9.53 Å². The molecule has 5 nitrogen and oxygen atoms in total. The minimum absolute atomic E-state index is 0.264. The Hall–Kier alpha value is -1.65. The predicted molar refractivity (Wildman–Crippen MR) is 75.7 cm³/mol. The van der Waals surface area contributed by atoms with Gasteiger partial charge < -0.3 is 9.64 Å². The number of hydrogen-bond acceptors (Lipinski definition) is 5. The molecule has 1 spiro atoms. The minimum Gasteiger partial charge on any atom is -0.464 e. The van der Waals surface area contributed by atoms with Gasteiger partial charge in [0, 0.05) is 13.1 Å². The van der Waals surface area contributed by atoms with Gasteiger partial charge in [0.25, 0.3) is 0 Å². The molecule has 2 fully saturated rings. The van der Waals surface area contributed by atoms with E-state index in [0.29, 0.717) is 5.41 Å². The van der Waals surface area contributed by atoms with Gasteiger partial charge in [0.2, 0.25) is 0 Å². The van der Waals surface area contributed by atoms with Crippen molar-refractivity contribution in [2.75, 3.05) is 25.1 Å². The van der Waals surface area contributed by atoms with Crippen LogP contribution in [0.4, 0.5) is 5.82 Å². The molecule has 0 N–H and O–H groups in total. The number of anilines is 1. The molecular formula is C15H21N3O2. The molecule has 1 aliphatic carbocycles. The molecule has 20 heavy (non-hydrogen) atoms. The van der Waals surface area contributed by atoms with Gasteiger partial charge in [0.05, 0.1) is 19.5 Å². The van der Waals surface area contributed by atoms with E-state index in [0.717, 1.165) is 18.9 Å². The van der Waals surface area contributed by atoms with E-state index in [9.17, 15) is 4.79 Å². The van der Waals surface area contributed by atoms with Gasteiger partial charge in [-0.2, -0.15) is 0 Å². The lowest BCUT2D eigenvalue weighted by Gasteiger charge is -2.39. The van der Waals surface area contributed by atoms with Crippen molar-refractivity contribution in [2.24, 2.45) is 5.41 Å². The largest absolute Gasteiger partial charge is 0.464 e. The van der Waals surface area contributed by atoms with Gasteiger partial charge in [-0.3, -0.25) is 0 Å². The summed E-state index contributed by atoms with van der Waals surface area (Å²) in [5.74, 6) is 0.429. The van der Waals surface area contributed by atoms with Crippen molar-refractivity contribution in [3.8, 4) is 0 Å². The second-order valence-electron chi connectivity index (χ2n) is 5.95. The highest BCUT2D eigenvalue weighted by Gasteiger charge is 2.37. The normalized spacial score (nSPS) is 21.1. The fourth-order valence-corrected chi connectivity index (χ4v) is 3.53. The third-order valence-electron chi connectivity index (χ3n) is 4.85. The van der Waals surface area contributed by atoms with Gasteiger partial charge in [-0.25, -0.2) is 14.8 Å². The smallest absolute Gasteiger partial charge is 0.358 e. The van der Waals surface area contributed by atoms with Gasteiger partial charge >= 0.3 is 5.97 Å². The van der Waals surface area contributed by atoms with E-state index in [1.54, 1.807) is 6.20 Å². The topological polar surface area (TPSA) is 55.3 Å². The van der Waals surface area contributed by atoms with Crippen LogP contribution in [0.15, 0.2) is 12.4 Å². The fraction of sp³-hybridized carbons (Fsp3) is 0.667. The quantitative estimate of drug-likeness (QED) is 0.776. The van der Waals surface area contributed by atoms with Crippen molar-refractivity contribution in [1.29, 1.82) is 0 Å². The lowest BCUT2D eigenvalue weighted by molar-refractivity contribution is 0.0593. The summed E-state index contributed by atoms with van der Waals surface area (Å²) < 4.78 is 4.63. The minimum atomic E-state index is -0.437. The van der Waals surface area contributed by atoms with Crippen LogP contribution in [0, 0.1) is 5.41 Å². The van der Waals surface area contributed by atoms with Crippen molar-refractivity contribution in [1.82, 2.24) is 9.97 Å². The molecule has 2 aliphatic rings. The number of aromatic nitrogens is 2. The molecule has 0 atom stereocenters. The van der Waals surface area contributed by atoms with E-state index in [4.69, 9.17) is 0 Å². The summed E-state index contributed by atoms with van der Waals surface area (Å²) in [6, 6.07) is 0. The van der Waals surface area contributed by atoms with Crippen molar-refractivity contribution in [2.45, 2.75) is 38.5 Å². The maximum absolute atomic E-state index is 11.3. The Kier molecular flexibility index (Phi) is 3.59. The van der Waals surface area contributed by atoms with Gasteiger partial charge in [-0.15, -0.1) is 0 Å². The van der Waals surface area contributed by atoms with Gasteiger partial charge in [0.1, 0.15) is 5.82 Å². The summed E-state index contributed by atoms with van der Waals surface area (Å²) in [6.45, 7) is 2.10. The highest BCUT2D eigenvalue weighted by Crippen LogP contribution is 2.46. The predicted octanol–water partition coefficient (Wildman–Crippen LogP) is 2.42. The lowest BCUT2D eigenvalue weighted by Crippen LogP contribution is -2.39. The first-order valence-electron chi connectivity index (χ1n) is 7.38. The Labute approximate surface area is 119 Å². The van der Waals surface area contributed by atoms with Crippen LogP contribution in [0.5, 0.6) is 0 Å². The van der Waals surface area contributed by atoms with Crippen LogP contribution in [0.3, 0.4) is 0 Å². The number of carbonyl (C=O) groups is 1. The second-order valence-corrected chi connectivity index (χ2v) is 5.95. The average Bonchev–Trinajstić information content (AvgIpc) is 2.96. The van der Waals surface area contributed by atoms with Crippen LogP contribution in [-0.4, -0.2) is 36.1 Å². The summed E-state index contributed by atoms with van der Waals surface area (Å²) in [7, 11) is 1.35. The molecule has 1 aromatic rings. The number of esters is 1. The highest BCUT2D eigenvalue weighted by molar-refractivity contribution is 5.86. The standard InChI is InChI=1S/C15H21N3O2/c1-20-14(19)12-10-17-13(11-16-12)18-8-6-15(7-9-18)4-2-3-5-15/h10-11H,2-9H2,1H3. The monoisotopic (exact) mass is 275 g/mol. The summed E-state index contributed by atoms with van der Waals surface area (Å²) in [6.07, 6.45) is 11.3. The molecule has 108 valence electrons. The molecule has 0 radical (unpaired) electrons.